The fourth-order valence-electron chi connectivity index (χ4n) is 2.65. The first-order chi connectivity index (χ1) is 14.8. The molecule has 0 saturated carbocycles. The van der Waals surface area contributed by atoms with Gasteiger partial charge in [-0.15, -0.1) is 11.3 Å². The first kappa shape index (κ1) is 21.8. The predicted octanol–water partition coefficient (Wildman–Crippen LogP) is 4.96. The zero-order valence-corrected chi connectivity index (χ0v) is 17.3. The molecule has 0 spiro atoms. The van der Waals surface area contributed by atoms with Crippen LogP contribution in [0.2, 0.25) is 0 Å². The van der Waals surface area contributed by atoms with E-state index in [1.807, 2.05) is 25.1 Å². The molecule has 156 valence electrons. The number of aromatic nitrogens is 1. The number of rotatable bonds is 5. The van der Waals surface area contributed by atoms with Crippen molar-refractivity contribution >= 4 is 45.7 Å². The number of nitriles is 1. The van der Waals surface area contributed by atoms with Gasteiger partial charge in [0.1, 0.15) is 23.3 Å². The van der Waals surface area contributed by atoms with E-state index in [1.54, 1.807) is 12.1 Å². The summed E-state index contributed by atoms with van der Waals surface area (Å²) in [7, 11) is 0. The first-order valence-corrected chi connectivity index (χ1v) is 9.87. The van der Waals surface area contributed by atoms with Crippen molar-refractivity contribution < 1.29 is 18.4 Å². The van der Waals surface area contributed by atoms with Crippen LogP contribution in [0.25, 0.3) is 6.08 Å². The summed E-state index contributed by atoms with van der Waals surface area (Å²) in [6.45, 7) is 3.13. The maximum absolute atomic E-state index is 14.2. The molecule has 0 fully saturated rings. The Labute approximate surface area is 181 Å². The lowest BCUT2D eigenvalue weighted by molar-refractivity contribution is -0.116. The second-order valence-corrected chi connectivity index (χ2v) is 7.33. The van der Waals surface area contributed by atoms with Gasteiger partial charge in [-0.2, -0.15) is 5.26 Å². The molecule has 31 heavy (non-hydrogen) atoms. The van der Waals surface area contributed by atoms with Gasteiger partial charge < -0.3 is 5.32 Å². The normalized spacial score (nSPS) is 11.0. The van der Waals surface area contributed by atoms with E-state index >= 15 is 0 Å². The van der Waals surface area contributed by atoms with Gasteiger partial charge in [0.25, 0.3) is 5.91 Å². The highest BCUT2D eigenvalue weighted by Crippen LogP contribution is 2.31. The molecule has 0 bridgehead atoms. The second-order valence-electron chi connectivity index (χ2n) is 6.50. The molecule has 1 N–H and O–H groups in total. The minimum Gasteiger partial charge on any atom is -0.321 e. The van der Waals surface area contributed by atoms with E-state index in [1.165, 1.54) is 18.4 Å². The predicted molar refractivity (Wildman–Crippen MR) is 115 cm³/mol. The number of hydrogen-bond acceptors (Lipinski definition) is 5. The van der Waals surface area contributed by atoms with Gasteiger partial charge in [0, 0.05) is 24.1 Å². The maximum Gasteiger partial charge on any atom is 0.266 e. The van der Waals surface area contributed by atoms with Crippen LogP contribution in [0.15, 0.2) is 53.4 Å². The van der Waals surface area contributed by atoms with E-state index in [0.29, 0.717) is 11.8 Å². The van der Waals surface area contributed by atoms with Gasteiger partial charge in [-0.05, 0) is 37.3 Å². The molecule has 6 nitrogen and oxygen atoms in total. The fraction of sp³-hybridized carbons (Fsp3) is 0.0909. The summed E-state index contributed by atoms with van der Waals surface area (Å²) in [4.78, 5) is 29.7. The third kappa shape index (κ3) is 5.18. The van der Waals surface area contributed by atoms with E-state index < -0.39 is 23.4 Å². The number of halogens is 2. The van der Waals surface area contributed by atoms with Crippen molar-refractivity contribution in [3.05, 3.63) is 76.3 Å². The summed E-state index contributed by atoms with van der Waals surface area (Å²) < 4.78 is 27.4. The zero-order valence-electron chi connectivity index (χ0n) is 16.5. The molecule has 0 atom stereocenters. The molecule has 0 aliphatic carbocycles. The van der Waals surface area contributed by atoms with Crippen LogP contribution in [-0.2, 0) is 9.59 Å². The number of nitrogens with one attached hydrogen (secondary N) is 1. The van der Waals surface area contributed by atoms with Crippen molar-refractivity contribution in [2.75, 3.05) is 10.2 Å². The monoisotopic (exact) mass is 438 g/mol. The number of nitrogens with zero attached hydrogens (tertiary/aromatic N) is 3. The van der Waals surface area contributed by atoms with Crippen molar-refractivity contribution in [3.8, 4) is 6.07 Å². The Kier molecular flexibility index (Phi) is 6.52. The van der Waals surface area contributed by atoms with Gasteiger partial charge in [-0.1, -0.05) is 17.7 Å². The Balaban J connectivity index is 1.87. The van der Waals surface area contributed by atoms with Crippen molar-refractivity contribution in [3.63, 3.8) is 0 Å². The molecule has 3 rings (SSSR count). The standard InChI is InChI=1S/C22H16F2N4O2S/c1-13-3-6-17(7-4-13)26-21(30)15(11-25)9-18-12-31-22(27-18)28(14(2)29)20-8-5-16(23)10-19(20)24/h3-10,12H,1-2H3,(H,26,30)/b15-9+. The number of anilines is 3. The lowest BCUT2D eigenvalue weighted by Gasteiger charge is -2.18. The number of carbonyl (C=O) groups excluding carboxylic acids is 2. The van der Waals surface area contributed by atoms with Gasteiger partial charge in [0.15, 0.2) is 5.13 Å². The van der Waals surface area contributed by atoms with Crippen molar-refractivity contribution in [1.29, 1.82) is 5.26 Å². The number of aryl methyl sites for hydroxylation is 1. The van der Waals surface area contributed by atoms with Crippen LogP contribution < -0.4 is 10.2 Å². The Hall–Kier alpha value is -3.90. The fourth-order valence-corrected chi connectivity index (χ4v) is 3.48. The summed E-state index contributed by atoms with van der Waals surface area (Å²) in [6, 6.07) is 11.7. The van der Waals surface area contributed by atoms with Crippen LogP contribution in [0, 0.1) is 29.9 Å². The highest BCUT2D eigenvalue weighted by Gasteiger charge is 2.22. The average Bonchev–Trinajstić information content (AvgIpc) is 3.17. The first-order valence-electron chi connectivity index (χ1n) is 8.99. The highest BCUT2D eigenvalue weighted by atomic mass is 32.1. The Bertz CT molecular complexity index is 1210. The molecule has 0 aliphatic heterocycles. The highest BCUT2D eigenvalue weighted by molar-refractivity contribution is 7.14. The number of benzene rings is 2. The molecular formula is C22H16F2N4O2S. The van der Waals surface area contributed by atoms with Crippen molar-refractivity contribution in [2.45, 2.75) is 13.8 Å². The molecule has 9 heteroatoms. The maximum atomic E-state index is 14.2. The third-order valence-corrected chi connectivity index (χ3v) is 4.98. The van der Waals surface area contributed by atoms with Crippen LogP contribution in [0.5, 0.6) is 0 Å². The molecular weight excluding hydrogens is 422 g/mol. The largest absolute Gasteiger partial charge is 0.321 e. The van der Waals surface area contributed by atoms with E-state index in [2.05, 4.69) is 10.3 Å². The molecule has 0 aliphatic rings. The quantitative estimate of drug-likeness (QED) is 0.451. The molecule has 1 aromatic heterocycles. The van der Waals surface area contributed by atoms with Crippen LogP contribution >= 0.6 is 11.3 Å². The SMILES string of the molecule is CC(=O)N(c1nc(/C=C(\C#N)C(=O)Nc2ccc(C)cc2)cs1)c1ccc(F)cc1F. The van der Waals surface area contributed by atoms with Crippen LogP contribution in [0.1, 0.15) is 18.2 Å². The average molecular weight is 438 g/mol. The number of carbonyl (C=O) groups is 2. The summed E-state index contributed by atoms with van der Waals surface area (Å²) in [5.74, 6) is -2.84. The summed E-state index contributed by atoms with van der Waals surface area (Å²) in [5, 5.41) is 13.6. The number of thiazole rings is 1. The van der Waals surface area contributed by atoms with Gasteiger partial charge in [-0.25, -0.2) is 13.8 Å². The third-order valence-electron chi connectivity index (χ3n) is 4.13. The summed E-state index contributed by atoms with van der Waals surface area (Å²) >= 11 is 1.01. The molecule has 0 radical (unpaired) electrons. The van der Waals surface area contributed by atoms with Crippen LogP contribution in [-0.4, -0.2) is 16.8 Å². The molecule has 1 heterocycles. The van der Waals surface area contributed by atoms with Gasteiger partial charge in [0.2, 0.25) is 5.91 Å². The molecule has 3 aromatic rings. The minimum atomic E-state index is -0.919. The Morgan fingerprint density at radius 3 is 2.52 bits per heavy atom. The number of hydrogen-bond donors (Lipinski definition) is 1. The van der Waals surface area contributed by atoms with E-state index in [4.69, 9.17) is 0 Å². The molecule has 2 aromatic carbocycles. The van der Waals surface area contributed by atoms with Crippen molar-refractivity contribution in [1.82, 2.24) is 4.98 Å². The van der Waals surface area contributed by atoms with Crippen LogP contribution in [0.4, 0.5) is 25.3 Å². The van der Waals surface area contributed by atoms with E-state index in [0.717, 1.165) is 33.9 Å². The molecule has 0 saturated heterocycles. The minimum absolute atomic E-state index is 0.112. The van der Waals surface area contributed by atoms with Gasteiger partial charge >= 0.3 is 0 Å². The smallest absolute Gasteiger partial charge is 0.266 e. The second kappa shape index (κ2) is 9.28. The van der Waals surface area contributed by atoms with Gasteiger partial charge in [0.05, 0.1) is 11.4 Å². The molecule has 0 unspecified atom stereocenters. The Morgan fingerprint density at radius 2 is 1.90 bits per heavy atom. The number of amides is 2. The van der Waals surface area contributed by atoms with E-state index in [9.17, 15) is 23.6 Å². The van der Waals surface area contributed by atoms with Gasteiger partial charge in [-0.3, -0.25) is 14.5 Å². The topological polar surface area (TPSA) is 86.1 Å². The van der Waals surface area contributed by atoms with E-state index in [-0.39, 0.29) is 22.1 Å². The van der Waals surface area contributed by atoms with Crippen LogP contribution in [0.3, 0.4) is 0 Å². The summed E-state index contributed by atoms with van der Waals surface area (Å²) in [5.41, 5.74) is 1.45. The lowest BCUT2D eigenvalue weighted by atomic mass is 10.2. The summed E-state index contributed by atoms with van der Waals surface area (Å²) in [6.07, 6.45) is 1.27. The molecule has 2 amide bonds. The zero-order chi connectivity index (χ0) is 22.5. The van der Waals surface area contributed by atoms with Crippen molar-refractivity contribution in [2.24, 2.45) is 0 Å². The lowest BCUT2D eigenvalue weighted by Crippen LogP contribution is -2.23. The Morgan fingerprint density at radius 1 is 1.19 bits per heavy atom.